The second-order valence-electron chi connectivity index (χ2n) is 6.14. The number of carbonyl (C=O) groups excluding carboxylic acids is 1. The average Bonchev–Trinajstić information content (AvgIpc) is 2.85. The lowest BCUT2D eigenvalue weighted by molar-refractivity contribution is -0.116. The monoisotopic (exact) mass is 353 g/mol. The minimum atomic E-state index is -3.58. The lowest BCUT2D eigenvalue weighted by Crippen LogP contribution is -2.45. The molecular formula is C17H27N3O3S. The summed E-state index contributed by atoms with van der Waals surface area (Å²) < 4.78 is 27.9. The van der Waals surface area contributed by atoms with E-state index in [1.54, 1.807) is 0 Å². The summed E-state index contributed by atoms with van der Waals surface area (Å²) in [5, 5.41) is 2.82. The maximum Gasteiger partial charge on any atom is 0.282 e. The van der Waals surface area contributed by atoms with E-state index in [4.69, 9.17) is 0 Å². The third-order valence-electron chi connectivity index (χ3n) is 4.32. The quantitative estimate of drug-likeness (QED) is 0.853. The number of likely N-dealkylation sites (N-methyl/N-ethyl adjacent to an activating group) is 1. The summed E-state index contributed by atoms with van der Waals surface area (Å²) in [5.41, 5.74) is 1.77. The van der Waals surface area contributed by atoms with Crippen LogP contribution in [0.5, 0.6) is 0 Å². The Bertz CT molecular complexity index is 653. The van der Waals surface area contributed by atoms with Gasteiger partial charge >= 0.3 is 0 Å². The Morgan fingerprint density at radius 2 is 1.79 bits per heavy atom. The summed E-state index contributed by atoms with van der Waals surface area (Å²) in [5.74, 6) is -0.322. The van der Waals surface area contributed by atoms with Gasteiger partial charge in [0.25, 0.3) is 10.2 Å². The van der Waals surface area contributed by atoms with Crippen molar-refractivity contribution in [3.8, 4) is 0 Å². The van der Waals surface area contributed by atoms with Crippen LogP contribution in [0.4, 0.5) is 5.69 Å². The van der Waals surface area contributed by atoms with Crippen molar-refractivity contribution in [1.82, 2.24) is 8.61 Å². The van der Waals surface area contributed by atoms with Crippen LogP contribution in [0.15, 0.2) is 24.3 Å². The first-order valence-corrected chi connectivity index (χ1v) is 9.94. The van der Waals surface area contributed by atoms with Gasteiger partial charge in [-0.1, -0.05) is 38.0 Å². The Kier molecular flexibility index (Phi) is 6.77. The molecular weight excluding hydrogens is 326 g/mol. The van der Waals surface area contributed by atoms with Crippen molar-refractivity contribution in [2.75, 3.05) is 32.0 Å². The van der Waals surface area contributed by atoms with E-state index in [-0.39, 0.29) is 12.5 Å². The van der Waals surface area contributed by atoms with Gasteiger partial charge in [0.15, 0.2) is 0 Å². The SMILES string of the molecule is CCc1ccccc1NC(=O)CN(C)S(=O)(=O)N1CCCCCC1. The number of hydrogen-bond acceptors (Lipinski definition) is 3. The van der Waals surface area contributed by atoms with Crippen LogP contribution in [0.2, 0.25) is 0 Å². The van der Waals surface area contributed by atoms with Crippen LogP contribution in [-0.2, 0) is 21.4 Å². The zero-order valence-electron chi connectivity index (χ0n) is 14.5. The van der Waals surface area contributed by atoms with Crippen LogP contribution in [0.25, 0.3) is 0 Å². The van der Waals surface area contributed by atoms with Crippen LogP contribution in [-0.4, -0.2) is 49.6 Å². The number of carbonyl (C=O) groups is 1. The van der Waals surface area contributed by atoms with Crippen molar-refractivity contribution in [2.45, 2.75) is 39.0 Å². The molecule has 0 aromatic heterocycles. The third-order valence-corrected chi connectivity index (χ3v) is 6.26. The van der Waals surface area contributed by atoms with Gasteiger partial charge in [-0.3, -0.25) is 4.79 Å². The predicted molar refractivity (Wildman–Crippen MR) is 96.0 cm³/mol. The van der Waals surface area contributed by atoms with Crippen LogP contribution >= 0.6 is 0 Å². The number of anilines is 1. The van der Waals surface area contributed by atoms with Crippen molar-refractivity contribution in [3.05, 3.63) is 29.8 Å². The molecule has 1 aromatic rings. The molecule has 1 heterocycles. The summed E-state index contributed by atoms with van der Waals surface area (Å²) in [6.45, 7) is 2.90. The Hall–Kier alpha value is -1.44. The first kappa shape index (κ1) is 18.9. The van der Waals surface area contributed by atoms with Gasteiger partial charge in [-0.05, 0) is 30.9 Å². The third kappa shape index (κ3) is 4.78. The van der Waals surface area contributed by atoms with Crippen molar-refractivity contribution in [1.29, 1.82) is 0 Å². The van der Waals surface area contributed by atoms with Crippen molar-refractivity contribution in [2.24, 2.45) is 0 Å². The molecule has 0 bridgehead atoms. The second-order valence-corrected chi connectivity index (χ2v) is 8.17. The minimum absolute atomic E-state index is 0.184. The van der Waals surface area contributed by atoms with Crippen LogP contribution in [0, 0.1) is 0 Å². The number of nitrogens with one attached hydrogen (secondary N) is 1. The number of nitrogens with zero attached hydrogens (tertiary/aromatic N) is 2. The summed E-state index contributed by atoms with van der Waals surface area (Å²) in [4.78, 5) is 12.3. The van der Waals surface area contributed by atoms with Gasteiger partial charge in [0.2, 0.25) is 5.91 Å². The summed E-state index contributed by atoms with van der Waals surface area (Å²) in [6, 6.07) is 7.56. The Morgan fingerprint density at radius 1 is 1.17 bits per heavy atom. The molecule has 1 amide bonds. The average molecular weight is 353 g/mol. The largest absolute Gasteiger partial charge is 0.325 e. The summed E-state index contributed by atoms with van der Waals surface area (Å²) >= 11 is 0. The minimum Gasteiger partial charge on any atom is -0.325 e. The predicted octanol–water partition coefficient (Wildman–Crippen LogP) is 2.24. The number of benzene rings is 1. The van der Waals surface area contributed by atoms with E-state index in [1.165, 1.54) is 11.4 Å². The van der Waals surface area contributed by atoms with E-state index in [1.807, 2.05) is 31.2 Å². The molecule has 0 aliphatic carbocycles. The van der Waals surface area contributed by atoms with E-state index in [0.29, 0.717) is 13.1 Å². The highest BCUT2D eigenvalue weighted by Gasteiger charge is 2.28. The highest BCUT2D eigenvalue weighted by atomic mass is 32.2. The van der Waals surface area contributed by atoms with E-state index < -0.39 is 10.2 Å². The fraction of sp³-hybridized carbons (Fsp3) is 0.588. The maximum atomic E-state index is 12.6. The topological polar surface area (TPSA) is 69.7 Å². The summed E-state index contributed by atoms with van der Waals surface area (Å²) in [7, 11) is -2.12. The van der Waals surface area contributed by atoms with Crippen LogP contribution < -0.4 is 5.32 Å². The fourth-order valence-electron chi connectivity index (χ4n) is 2.89. The maximum absolute atomic E-state index is 12.6. The highest BCUT2D eigenvalue weighted by Crippen LogP contribution is 2.17. The lowest BCUT2D eigenvalue weighted by atomic mass is 10.1. The molecule has 0 unspecified atom stereocenters. The molecule has 0 radical (unpaired) electrons. The highest BCUT2D eigenvalue weighted by molar-refractivity contribution is 7.86. The normalized spacial score (nSPS) is 16.8. The molecule has 7 heteroatoms. The Morgan fingerprint density at radius 3 is 2.42 bits per heavy atom. The second kappa shape index (κ2) is 8.60. The zero-order valence-corrected chi connectivity index (χ0v) is 15.3. The number of hydrogen-bond donors (Lipinski definition) is 1. The molecule has 1 fully saturated rings. The van der Waals surface area contributed by atoms with Crippen molar-refractivity contribution >= 4 is 21.8 Å². The standard InChI is InChI=1S/C17H27N3O3S/c1-3-15-10-6-7-11-16(15)18-17(21)14-19(2)24(22,23)20-12-8-4-5-9-13-20/h6-7,10-11H,3-5,8-9,12-14H2,1-2H3,(H,18,21). The molecule has 2 rings (SSSR count). The van der Waals surface area contributed by atoms with Crippen molar-refractivity contribution < 1.29 is 13.2 Å². The number of aryl methyl sites for hydroxylation is 1. The van der Waals surface area contributed by atoms with Gasteiger partial charge in [-0.25, -0.2) is 0 Å². The molecule has 1 aromatic carbocycles. The molecule has 0 spiro atoms. The Balaban J connectivity index is 1.99. The van der Waals surface area contributed by atoms with Gasteiger partial charge in [-0.2, -0.15) is 17.0 Å². The van der Waals surface area contributed by atoms with E-state index in [0.717, 1.165) is 47.7 Å². The van der Waals surface area contributed by atoms with Crippen LogP contribution in [0.1, 0.15) is 38.2 Å². The number of para-hydroxylation sites is 1. The smallest absolute Gasteiger partial charge is 0.282 e. The molecule has 134 valence electrons. The van der Waals surface area contributed by atoms with Gasteiger partial charge in [0.05, 0.1) is 6.54 Å². The lowest BCUT2D eigenvalue weighted by Gasteiger charge is -2.26. The first-order valence-electron chi connectivity index (χ1n) is 8.54. The molecule has 1 aliphatic heterocycles. The zero-order chi connectivity index (χ0) is 17.6. The molecule has 1 saturated heterocycles. The molecule has 0 saturated carbocycles. The van der Waals surface area contributed by atoms with E-state index in [2.05, 4.69) is 5.32 Å². The van der Waals surface area contributed by atoms with Gasteiger partial charge in [0, 0.05) is 25.8 Å². The number of rotatable bonds is 6. The van der Waals surface area contributed by atoms with Crippen molar-refractivity contribution in [3.63, 3.8) is 0 Å². The molecule has 0 atom stereocenters. The molecule has 24 heavy (non-hydrogen) atoms. The number of amides is 1. The molecule has 6 nitrogen and oxygen atoms in total. The summed E-state index contributed by atoms with van der Waals surface area (Å²) in [6.07, 6.45) is 4.68. The molecule has 1 aliphatic rings. The van der Waals surface area contributed by atoms with Gasteiger partial charge < -0.3 is 5.32 Å². The fourth-order valence-corrected chi connectivity index (χ4v) is 4.29. The van der Waals surface area contributed by atoms with Gasteiger partial charge in [0.1, 0.15) is 0 Å². The van der Waals surface area contributed by atoms with Gasteiger partial charge in [-0.15, -0.1) is 0 Å². The van der Waals surface area contributed by atoms with E-state index in [9.17, 15) is 13.2 Å². The first-order chi connectivity index (χ1) is 11.4. The van der Waals surface area contributed by atoms with E-state index >= 15 is 0 Å². The Labute approximate surface area is 145 Å². The van der Waals surface area contributed by atoms with Crippen LogP contribution in [0.3, 0.4) is 0 Å². The molecule has 1 N–H and O–H groups in total.